The molecule has 1 atom stereocenters. The van der Waals surface area contributed by atoms with Gasteiger partial charge in [0.25, 0.3) is 5.56 Å². The SMILES string of the molecule is CCn1c(C)nc2c1CCC(C)c1c(O)c(C(=O)OCc3ccccc3)c(=O)n(Cc3ccc(OC)cc3OC)c1-2. The number of pyridine rings is 1. The van der Waals surface area contributed by atoms with Gasteiger partial charge in [-0.15, -0.1) is 0 Å². The predicted molar refractivity (Wildman–Crippen MR) is 155 cm³/mol. The molecule has 5 rings (SSSR count). The normalized spacial score (nSPS) is 14.1. The van der Waals surface area contributed by atoms with Crippen molar-refractivity contribution in [2.45, 2.75) is 59.2 Å². The number of aromatic hydroxyl groups is 1. The summed E-state index contributed by atoms with van der Waals surface area (Å²) in [6, 6.07) is 14.6. The third kappa shape index (κ3) is 5.08. The molecule has 0 bridgehead atoms. The monoisotopic (exact) mass is 557 g/mol. The average molecular weight is 558 g/mol. The molecule has 0 radical (unpaired) electrons. The van der Waals surface area contributed by atoms with Crippen LogP contribution < -0.4 is 15.0 Å². The van der Waals surface area contributed by atoms with E-state index in [1.807, 2.05) is 50.2 Å². The first-order valence-electron chi connectivity index (χ1n) is 13.8. The first kappa shape index (κ1) is 28.0. The first-order chi connectivity index (χ1) is 19.8. The highest BCUT2D eigenvalue weighted by atomic mass is 16.5. The van der Waals surface area contributed by atoms with E-state index in [9.17, 15) is 14.7 Å². The van der Waals surface area contributed by atoms with E-state index in [0.717, 1.165) is 23.6 Å². The Morgan fingerprint density at radius 3 is 2.54 bits per heavy atom. The van der Waals surface area contributed by atoms with Crippen molar-refractivity contribution in [3.8, 4) is 28.6 Å². The molecule has 41 heavy (non-hydrogen) atoms. The maximum atomic E-state index is 14.2. The number of esters is 1. The molecule has 0 aliphatic heterocycles. The van der Waals surface area contributed by atoms with Crippen LogP contribution in [-0.4, -0.2) is 39.4 Å². The summed E-state index contributed by atoms with van der Waals surface area (Å²) in [5.74, 6) is 0.593. The van der Waals surface area contributed by atoms with E-state index in [0.29, 0.717) is 46.9 Å². The number of aryl methyl sites for hydroxylation is 1. The number of aromatic nitrogens is 3. The number of imidazole rings is 1. The Bertz CT molecular complexity index is 1650. The van der Waals surface area contributed by atoms with Crippen molar-refractivity contribution < 1.29 is 24.1 Å². The zero-order valence-electron chi connectivity index (χ0n) is 24.1. The Morgan fingerprint density at radius 1 is 1.10 bits per heavy atom. The third-order valence-corrected chi connectivity index (χ3v) is 7.83. The van der Waals surface area contributed by atoms with Crippen molar-refractivity contribution in [2.24, 2.45) is 0 Å². The van der Waals surface area contributed by atoms with Crippen LogP contribution in [0.2, 0.25) is 0 Å². The molecule has 0 saturated heterocycles. The lowest BCUT2D eigenvalue weighted by Gasteiger charge is -2.22. The minimum atomic E-state index is -0.874. The summed E-state index contributed by atoms with van der Waals surface area (Å²) in [5.41, 5.74) is 3.13. The first-order valence-corrected chi connectivity index (χ1v) is 13.8. The topological polar surface area (TPSA) is 105 Å². The molecule has 2 aromatic carbocycles. The molecule has 0 saturated carbocycles. The van der Waals surface area contributed by atoms with Gasteiger partial charge in [0.1, 0.15) is 35.4 Å². The smallest absolute Gasteiger partial charge is 0.347 e. The maximum absolute atomic E-state index is 14.2. The number of fused-ring (bicyclic) bond motifs is 3. The molecule has 1 aliphatic rings. The van der Waals surface area contributed by atoms with Gasteiger partial charge in [0.05, 0.1) is 26.5 Å². The van der Waals surface area contributed by atoms with Crippen LogP contribution in [0.1, 0.15) is 64.8 Å². The van der Waals surface area contributed by atoms with Gasteiger partial charge in [0.15, 0.2) is 5.56 Å². The lowest BCUT2D eigenvalue weighted by Crippen LogP contribution is -2.31. The van der Waals surface area contributed by atoms with Crippen LogP contribution in [0.25, 0.3) is 11.4 Å². The molecule has 9 nitrogen and oxygen atoms in total. The highest BCUT2D eigenvalue weighted by Gasteiger charge is 2.35. The largest absolute Gasteiger partial charge is 0.506 e. The highest BCUT2D eigenvalue weighted by molar-refractivity contribution is 5.93. The van der Waals surface area contributed by atoms with Crippen LogP contribution in [-0.2, 0) is 30.9 Å². The van der Waals surface area contributed by atoms with Crippen LogP contribution >= 0.6 is 0 Å². The van der Waals surface area contributed by atoms with Crippen LogP contribution in [0.5, 0.6) is 17.2 Å². The molecule has 214 valence electrons. The lowest BCUT2D eigenvalue weighted by molar-refractivity contribution is 0.0466. The highest BCUT2D eigenvalue weighted by Crippen LogP contribution is 2.43. The second kappa shape index (κ2) is 11.5. The van der Waals surface area contributed by atoms with E-state index < -0.39 is 11.5 Å². The van der Waals surface area contributed by atoms with Gasteiger partial charge in [0, 0.05) is 29.4 Å². The van der Waals surface area contributed by atoms with E-state index in [-0.39, 0.29) is 30.4 Å². The van der Waals surface area contributed by atoms with Crippen molar-refractivity contribution in [1.29, 1.82) is 0 Å². The summed E-state index contributed by atoms with van der Waals surface area (Å²) in [4.78, 5) is 32.6. The molecule has 0 fully saturated rings. The number of benzene rings is 2. The minimum absolute atomic E-state index is 0.0260. The summed E-state index contributed by atoms with van der Waals surface area (Å²) < 4.78 is 20.2. The number of ether oxygens (including phenoxy) is 3. The van der Waals surface area contributed by atoms with Crippen molar-refractivity contribution in [3.63, 3.8) is 0 Å². The molecule has 0 spiro atoms. The molecule has 9 heteroatoms. The quantitative estimate of drug-likeness (QED) is 0.296. The molecule has 1 aliphatic carbocycles. The zero-order valence-corrected chi connectivity index (χ0v) is 24.1. The molecule has 0 amide bonds. The number of carbonyl (C=O) groups is 1. The molecular weight excluding hydrogens is 522 g/mol. The van der Waals surface area contributed by atoms with E-state index in [1.54, 1.807) is 26.4 Å². The van der Waals surface area contributed by atoms with Crippen molar-refractivity contribution in [2.75, 3.05) is 14.2 Å². The number of carbonyl (C=O) groups excluding carboxylic acids is 1. The van der Waals surface area contributed by atoms with Crippen molar-refractivity contribution in [3.05, 3.63) is 92.7 Å². The zero-order chi connectivity index (χ0) is 29.3. The third-order valence-electron chi connectivity index (χ3n) is 7.83. The van der Waals surface area contributed by atoms with Crippen molar-refractivity contribution >= 4 is 5.97 Å². The minimum Gasteiger partial charge on any atom is -0.506 e. The average Bonchev–Trinajstić information content (AvgIpc) is 3.23. The second-order valence-corrected chi connectivity index (χ2v) is 10.3. The fraction of sp³-hybridized carbons (Fsp3) is 0.344. The molecule has 2 aromatic heterocycles. The van der Waals surface area contributed by atoms with Gasteiger partial charge in [-0.05, 0) is 50.3 Å². The van der Waals surface area contributed by atoms with Gasteiger partial charge in [0.2, 0.25) is 0 Å². The van der Waals surface area contributed by atoms with Crippen LogP contribution in [0.3, 0.4) is 0 Å². The van der Waals surface area contributed by atoms with E-state index in [4.69, 9.17) is 19.2 Å². The number of methoxy groups -OCH3 is 2. The standard InChI is InChI=1S/C32H35N3O6/c1-6-34-20(3)33-28-24(34)15-12-19(2)26-29(28)35(17-22-13-14-23(39-4)16-25(22)40-5)31(37)27(30(26)36)32(38)41-18-21-10-8-7-9-11-21/h7-11,13-14,16,19,36H,6,12,15,17-18H2,1-5H3. The van der Waals surface area contributed by atoms with Crippen LogP contribution in [0, 0.1) is 6.92 Å². The molecule has 1 unspecified atom stereocenters. The Morgan fingerprint density at radius 2 is 1.85 bits per heavy atom. The Balaban J connectivity index is 1.74. The summed E-state index contributed by atoms with van der Waals surface area (Å²) in [6.45, 7) is 6.77. The lowest BCUT2D eigenvalue weighted by atomic mass is 9.93. The van der Waals surface area contributed by atoms with Crippen LogP contribution in [0.15, 0.2) is 53.3 Å². The Hall–Kier alpha value is -4.53. The second-order valence-electron chi connectivity index (χ2n) is 10.3. The van der Waals surface area contributed by atoms with E-state index >= 15 is 0 Å². The molecule has 4 aromatic rings. The fourth-order valence-corrected chi connectivity index (χ4v) is 5.71. The molecule has 2 heterocycles. The van der Waals surface area contributed by atoms with E-state index in [2.05, 4.69) is 11.5 Å². The maximum Gasteiger partial charge on any atom is 0.347 e. The van der Waals surface area contributed by atoms with Gasteiger partial charge < -0.3 is 28.5 Å². The summed E-state index contributed by atoms with van der Waals surface area (Å²) in [5, 5.41) is 11.6. The predicted octanol–water partition coefficient (Wildman–Crippen LogP) is 5.22. The van der Waals surface area contributed by atoms with Gasteiger partial charge >= 0.3 is 5.97 Å². The summed E-state index contributed by atoms with van der Waals surface area (Å²) in [6.07, 6.45) is 1.42. The van der Waals surface area contributed by atoms with Gasteiger partial charge in [-0.1, -0.05) is 37.3 Å². The number of hydrogen-bond acceptors (Lipinski definition) is 7. The van der Waals surface area contributed by atoms with Crippen LogP contribution in [0.4, 0.5) is 0 Å². The number of rotatable bonds is 8. The van der Waals surface area contributed by atoms with Gasteiger partial charge in [-0.25, -0.2) is 9.78 Å². The fourth-order valence-electron chi connectivity index (χ4n) is 5.71. The van der Waals surface area contributed by atoms with E-state index in [1.165, 1.54) is 4.57 Å². The summed E-state index contributed by atoms with van der Waals surface area (Å²) in [7, 11) is 3.12. The Kier molecular flexibility index (Phi) is 7.88. The van der Waals surface area contributed by atoms with Crippen molar-refractivity contribution in [1.82, 2.24) is 14.1 Å². The van der Waals surface area contributed by atoms with Gasteiger partial charge in [-0.3, -0.25) is 4.79 Å². The molecular formula is C32H35N3O6. The molecule has 1 N–H and O–H groups in total. The number of hydrogen-bond donors (Lipinski definition) is 1. The Labute approximate surface area is 239 Å². The number of nitrogens with zero attached hydrogens (tertiary/aromatic N) is 3. The summed E-state index contributed by atoms with van der Waals surface area (Å²) >= 11 is 0. The van der Waals surface area contributed by atoms with Gasteiger partial charge in [-0.2, -0.15) is 0 Å².